The first-order chi connectivity index (χ1) is 6.29. The van der Waals surface area contributed by atoms with Gasteiger partial charge in [0, 0.05) is 24.2 Å². The van der Waals surface area contributed by atoms with Crippen LogP contribution >= 0.6 is 0 Å². The molecule has 1 amide bonds. The predicted molar refractivity (Wildman–Crippen MR) is 53.9 cm³/mol. The van der Waals surface area contributed by atoms with E-state index in [0.29, 0.717) is 6.54 Å². The lowest BCUT2D eigenvalue weighted by Crippen LogP contribution is -2.44. The third-order valence-corrected chi connectivity index (χ3v) is 1.76. The van der Waals surface area contributed by atoms with E-state index in [2.05, 4.69) is 0 Å². The van der Waals surface area contributed by atoms with Gasteiger partial charge in [0.2, 0.25) is 5.91 Å². The number of rotatable bonds is 3. The zero-order valence-corrected chi connectivity index (χ0v) is 9.07. The smallest absolute Gasteiger partial charge is 0.328 e. The second kappa shape index (κ2) is 4.79. The molecule has 0 unspecified atom stereocenters. The molecule has 0 aromatic carbocycles. The Bertz CT molecular complexity index is 251. The molecule has 14 heavy (non-hydrogen) atoms. The number of carbonyl (C=O) groups is 2. The van der Waals surface area contributed by atoms with Gasteiger partial charge in [-0.15, -0.1) is 0 Å². The topological polar surface area (TPSA) is 57.6 Å². The monoisotopic (exact) mass is 199 g/mol. The Labute approximate surface area is 84.2 Å². The normalized spacial score (nSPS) is 11.7. The Balaban J connectivity index is 4.57. The standard InChI is InChI=1S/C10H17NO3/c1-5-11(10(2,3)4)8(12)6-7-9(13)14/h6-7H,5H2,1-4H3,(H,13,14)/b7-6-. The number of hydrogen-bond acceptors (Lipinski definition) is 2. The van der Waals surface area contributed by atoms with E-state index in [0.717, 1.165) is 12.2 Å². The SMILES string of the molecule is CCN(C(=O)/C=C\C(=O)O)C(C)(C)C. The molecule has 0 aromatic rings. The van der Waals surface area contributed by atoms with Crippen LogP contribution in [0.2, 0.25) is 0 Å². The van der Waals surface area contributed by atoms with Gasteiger partial charge < -0.3 is 10.0 Å². The minimum absolute atomic E-state index is 0.276. The molecule has 0 spiro atoms. The molecule has 0 saturated heterocycles. The Morgan fingerprint density at radius 2 is 1.79 bits per heavy atom. The average molecular weight is 199 g/mol. The zero-order chi connectivity index (χ0) is 11.4. The highest BCUT2D eigenvalue weighted by Crippen LogP contribution is 2.12. The van der Waals surface area contributed by atoms with Crippen molar-refractivity contribution in [1.82, 2.24) is 4.90 Å². The van der Waals surface area contributed by atoms with Crippen molar-refractivity contribution < 1.29 is 14.7 Å². The lowest BCUT2D eigenvalue weighted by atomic mass is 10.1. The van der Waals surface area contributed by atoms with Crippen molar-refractivity contribution in [2.24, 2.45) is 0 Å². The van der Waals surface area contributed by atoms with Crippen LogP contribution in [0.25, 0.3) is 0 Å². The van der Waals surface area contributed by atoms with Gasteiger partial charge in [-0.05, 0) is 27.7 Å². The van der Waals surface area contributed by atoms with E-state index < -0.39 is 5.97 Å². The molecule has 0 rings (SSSR count). The Hall–Kier alpha value is -1.32. The number of carbonyl (C=O) groups excluding carboxylic acids is 1. The van der Waals surface area contributed by atoms with E-state index in [1.54, 1.807) is 4.90 Å². The molecule has 0 heterocycles. The summed E-state index contributed by atoms with van der Waals surface area (Å²) in [5.74, 6) is -1.38. The van der Waals surface area contributed by atoms with Crippen LogP contribution in [0, 0.1) is 0 Å². The lowest BCUT2D eigenvalue weighted by Gasteiger charge is -2.33. The molecular formula is C10H17NO3. The van der Waals surface area contributed by atoms with Crippen molar-refractivity contribution in [3.8, 4) is 0 Å². The number of amides is 1. The largest absolute Gasteiger partial charge is 0.478 e. The first-order valence-electron chi connectivity index (χ1n) is 4.51. The van der Waals surface area contributed by atoms with Gasteiger partial charge in [0.1, 0.15) is 0 Å². The Kier molecular flexibility index (Phi) is 4.34. The highest BCUT2D eigenvalue weighted by atomic mass is 16.4. The van der Waals surface area contributed by atoms with Crippen LogP contribution in [-0.4, -0.2) is 34.0 Å². The van der Waals surface area contributed by atoms with Crippen LogP contribution in [0.15, 0.2) is 12.2 Å². The van der Waals surface area contributed by atoms with Crippen LogP contribution in [0.4, 0.5) is 0 Å². The number of hydrogen-bond donors (Lipinski definition) is 1. The molecule has 0 fully saturated rings. The maximum Gasteiger partial charge on any atom is 0.328 e. The van der Waals surface area contributed by atoms with Gasteiger partial charge in [-0.3, -0.25) is 4.79 Å². The summed E-state index contributed by atoms with van der Waals surface area (Å²) in [5, 5.41) is 8.36. The van der Waals surface area contributed by atoms with Crippen molar-refractivity contribution >= 4 is 11.9 Å². The van der Waals surface area contributed by atoms with Crippen LogP contribution < -0.4 is 0 Å². The molecule has 0 atom stereocenters. The summed E-state index contributed by atoms with van der Waals surface area (Å²) in [6.07, 6.45) is 1.94. The van der Waals surface area contributed by atoms with Crippen molar-refractivity contribution in [2.75, 3.05) is 6.54 Å². The van der Waals surface area contributed by atoms with Crippen LogP contribution in [0.5, 0.6) is 0 Å². The molecule has 0 aromatic heterocycles. The summed E-state index contributed by atoms with van der Waals surface area (Å²) < 4.78 is 0. The summed E-state index contributed by atoms with van der Waals surface area (Å²) in [4.78, 5) is 23.3. The van der Waals surface area contributed by atoms with E-state index in [1.807, 2.05) is 27.7 Å². The van der Waals surface area contributed by atoms with E-state index >= 15 is 0 Å². The van der Waals surface area contributed by atoms with Gasteiger partial charge in [-0.1, -0.05) is 0 Å². The van der Waals surface area contributed by atoms with Crippen LogP contribution in [0.3, 0.4) is 0 Å². The minimum Gasteiger partial charge on any atom is -0.478 e. The highest BCUT2D eigenvalue weighted by molar-refractivity contribution is 5.94. The fourth-order valence-corrected chi connectivity index (χ4v) is 1.19. The first kappa shape index (κ1) is 12.7. The molecule has 0 bridgehead atoms. The quantitative estimate of drug-likeness (QED) is 0.696. The van der Waals surface area contributed by atoms with Crippen LogP contribution in [-0.2, 0) is 9.59 Å². The molecule has 80 valence electrons. The molecule has 0 aliphatic heterocycles. The predicted octanol–water partition coefficient (Wildman–Crippen LogP) is 1.27. The fraction of sp³-hybridized carbons (Fsp3) is 0.600. The first-order valence-corrected chi connectivity index (χ1v) is 4.51. The molecule has 4 heteroatoms. The number of carboxylic acids is 1. The molecule has 0 aliphatic carbocycles. The summed E-state index contributed by atoms with van der Waals surface area (Å²) in [6.45, 7) is 8.14. The highest BCUT2D eigenvalue weighted by Gasteiger charge is 2.22. The van der Waals surface area contributed by atoms with E-state index in [1.165, 1.54) is 0 Å². The third kappa shape index (κ3) is 4.07. The molecule has 0 saturated carbocycles. The van der Waals surface area contributed by atoms with Gasteiger partial charge >= 0.3 is 5.97 Å². The number of likely N-dealkylation sites (N-methyl/N-ethyl adjacent to an activating group) is 1. The second-order valence-corrected chi connectivity index (χ2v) is 3.92. The molecular weight excluding hydrogens is 182 g/mol. The zero-order valence-electron chi connectivity index (χ0n) is 9.07. The van der Waals surface area contributed by atoms with Crippen molar-refractivity contribution in [1.29, 1.82) is 0 Å². The maximum atomic E-state index is 11.5. The third-order valence-electron chi connectivity index (χ3n) is 1.76. The number of nitrogens with zero attached hydrogens (tertiary/aromatic N) is 1. The van der Waals surface area contributed by atoms with Crippen LogP contribution in [0.1, 0.15) is 27.7 Å². The summed E-state index contributed by atoms with van der Waals surface area (Å²) in [5.41, 5.74) is -0.283. The molecule has 1 N–H and O–H groups in total. The van der Waals surface area contributed by atoms with E-state index in [-0.39, 0.29) is 11.4 Å². The van der Waals surface area contributed by atoms with Crippen molar-refractivity contribution in [3.05, 3.63) is 12.2 Å². The van der Waals surface area contributed by atoms with Gasteiger partial charge in [0.25, 0.3) is 0 Å². The average Bonchev–Trinajstić information content (AvgIpc) is 1.99. The summed E-state index contributed by atoms with van der Waals surface area (Å²) >= 11 is 0. The second-order valence-electron chi connectivity index (χ2n) is 3.92. The minimum atomic E-state index is -1.11. The van der Waals surface area contributed by atoms with E-state index in [4.69, 9.17) is 5.11 Å². The molecule has 0 aliphatic rings. The Morgan fingerprint density at radius 1 is 1.29 bits per heavy atom. The van der Waals surface area contributed by atoms with E-state index in [9.17, 15) is 9.59 Å². The fourth-order valence-electron chi connectivity index (χ4n) is 1.19. The lowest BCUT2D eigenvalue weighted by molar-refractivity contribution is -0.133. The molecule has 4 nitrogen and oxygen atoms in total. The van der Waals surface area contributed by atoms with Crippen molar-refractivity contribution in [3.63, 3.8) is 0 Å². The van der Waals surface area contributed by atoms with Gasteiger partial charge in [0.15, 0.2) is 0 Å². The summed E-state index contributed by atoms with van der Waals surface area (Å²) in [6, 6.07) is 0. The number of aliphatic carboxylic acids is 1. The van der Waals surface area contributed by atoms with Gasteiger partial charge in [-0.2, -0.15) is 0 Å². The van der Waals surface area contributed by atoms with Crippen molar-refractivity contribution in [2.45, 2.75) is 33.2 Å². The Morgan fingerprint density at radius 3 is 2.07 bits per heavy atom. The summed E-state index contributed by atoms with van der Waals surface area (Å²) in [7, 11) is 0. The van der Waals surface area contributed by atoms with Gasteiger partial charge in [-0.25, -0.2) is 4.79 Å². The van der Waals surface area contributed by atoms with Gasteiger partial charge in [0.05, 0.1) is 0 Å². The maximum absolute atomic E-state index is 11.5. The molecule has 0 radical (unpaired) electrons. The number of carboxylic acid groups (broad SMARTS) is 1.